The average molecular weight is 210 g/mol. The van der Waals surface area contributed by atoms with Crippen LogP contribution < -0.4 is 5.32 Å². The average Bonchev–Trinajstić information content (AvgIpc) is 2.54. The van der Waals surface area contributed by atoms with Crippen molar-refractivity contribution < 1.29 is 4.42 Å². The molecule has 2 atom stereocenters. The Balaban J connectivity index is 2.43. The molecule has 0 aliphatic heterocycles. The summed E-state index contributed by atoms with van der Waals surface area (Å²) in [6.07, 6.45) is 1.19. The van der Waals surface area contributed by atoms with Gasteiger partial charge in [0.2, 0.25) is 5.89 Å². The number of hydrogen-bond acceptors (Lipinski definition) is 3. The van der Waals surface area contributed by atoms with Crippen LogP contribution in [0.3, 0.4) is 0 Å². The highest BCUT2D eigenvalue weighted by Gasteiger charge is 2.11. The lowest BCUT2D eigenvalue weighted by atomic mass is 10.0. The van der Waals surface area contributed by atoms with Crippen molar-refractivity contribution in [1.29, 1.82) is 0 Å². The number of aromatic nitrogens is 1. The van der Waals surface area contributed by atoms with Gasteiger partial charge < -0.3 is 9.73 Å². The summed E-state index contributed by atoms with van der Waals surface area (Å²) in [6, 6.07) is 0.502. The fraction of sp³-hybridized carbons (Fsp3) is 0.750. The van der Waals surface area contributed by atoms with E-state index in [9.17, 15) is 0 Å². The minimum Gasteiger partial charge on any atom is -0.444 e. The van der Waals surface area contributed by atoms with Gasteiger partial charge in [0.25, 0.3) is 0 Å². The maximum Gasteiger partial charge on any atom is 0.208 e. The molecule has 0 aliphatic carbocycles. The summed E-state index contributed by atoms with van der Waals surface area (Å²) in [5, 5.41) is 3.43. The van der Waals surface area contributed by atoms with E-state index in [0.717, 1.165) is 23.9 Å². The molecule has 15 heavy (non-hydrogen) atoms. The fourth-order valence-electron chi connectivity index (χ4n) is 1.42. The van der Waals surface area contributed by atoms with Crippen molar-refractivity contribution in [2.45, 2.75) is 53.6 Å². The first-order valence-corrected chi connectivity index (χ1v) is 5.70. The molecule has 0 spiro atoms. The van der Waals surface area contributed by atoms with Crippen LogP contribution in [0.1, 0.15) is 44.5 Å². The van der Waals surface area contributed by atoms with E-state index in [-0.39, 0.29) is 0 Å². The molecule has 0 aliphatic rings. The van der Waals surface area contributed by atoms with E-state index < -0.39 is 0 Å². The van der Waals surface area contributed by atoms with Gasteiger partial charge in [-0.15, -0.1) is 0 Å². The fourth-order valence-corrected chi connectivity index (χ4v) is 1.42. The smallest absolute Gasteiger partial charge is 0.208 e. The molecular formula is C12H22N2O. The van der Waals surface area contributed by atoms with Crippen molar-refractivity contribution in [3.05, 3.63) is 17.3 Å². The van der Waals surface area contributed by atoms with E-state index in [1.165, 1.54) is 6.42 Å². The van der Waals surface area contributed by atoms with Crippen LogP contribution in [0.4, 0.5) is 0 Å². The van der Waals surface area contributed by atoms with Crippen molar-refractivity contribution in [3.8, 4) is 0 Å². The van der Waals surface area contributed by atoms with Gasteiger partial charge in [-0.25, -0.2) is 4.98 Å². The zero-order valence-corrected chi connectivity index (χ0v) is 10.4. The van der Waals surface area contributed by atoms with E-state index in [2.05, 4.69) is 31.1 Å². The third kappa shape index (κ3) is 3.34. The van der Waals surface area contributed by atoms with E-state index >= 15 is 0 Å². The summed E-state index contributed by atoms with van der Waals surface area (Å²) >= 11 is 0. The van der Waals surface area contributed by atoms with Gasteiger partial charge in [-0.05, 0) is 26.7 Å². The normalized spacial score (nSPS) is 15.3. The standard InChI is InChI=1S/C12H22N2O/c1-6-8(2)9(3)13-7-12-14-10(4)11(5)15-12/h8-9,13H,6-7H2,1-5H3. The number of nitrogens with zero attached hydrogens (tertiary/aromatic N) is 1. The first-order valence-electron chi connectivity index (χ1n) is 5.70. The molecule has 1 heterocycles. The van der Waals surface area contributed by atoms with Crippen molar-refractivity contribution in [1.82, 2.24) is 10.3 Å². The molecule has 1 rings (SSSR count). The van der Waals surface area contributed by atoms with Gasteiger partial charge in [-0.3, -0.25) is 0 Å². The van der Waals surface area contributed by atoms with Gasteiger partial charge in [-0.2, -0.15) is 0 Å². The first-order chi connectivity index (χ1) is 7.04. The summed E-state index contributed by atoms with van der Waals surface area (Å²) in [5.74, 6) is 2.39. The second kappa shape index (κ2) is 5.31. The molecule has 1 aromatic rings. The van der Waals surface area contributed by atoms with E-state index in [4.69, 9.17) is 4.42 Å². The van der Waals surface area contributed by atoms with Gasteiger partial charge >= 0.3 is 0 Å². The van der Waals surface area contributed by atoms with Gasteiger partial charge in [0.1, 0.15) is 5.76 Å². The van der Waals surface area contributed by atoms with Crippen LogP contribution in [0.15, 0.2) is 4.42 Å². The Hall–Kier alpha value is -0.830. The Bertz CT molecular complexity index is 287. The van der Waals surface area contributed by atoms with Crippen molar-refractivity contribution in [2.24, 2.45) is 5.92 Å². The van der Waals surface area contributed by atoms with Crippen LogP contribution in [-0.4, -0.2) is 11.0 Å². The highest BCUT2D eigenvalue weighted by molar-refractivity contribution is 5.05. The van der Waals surface area contributed by atoms with Crippen LogP contribution in [-0.2, 0) is 6.54 Å². The minimum atomic E-state index is 0.502. The van der Waals surface area contributed by atoms with E-state index in [1.807, 2.05) is 13.8 Å². The second-order valence-corrected chi connectivity index (χ2v) is 4.30. The summed E-state index contributed by atoms with van der Waals surface area (Å²) in [6.45, 7) is 11.3. The van der Waals surface area contributed by atoms with Crippen LogP contribution in [0, 0.1) is 19.8 Å². The Labute approximate surface area is 92.3 Å². The minimum absolute atomic E-state index is 0.502. The summed E-state index contributed by atoms with van der Waals surface area (Å²) in [5.41, 5.74) is 0.989. The molecule has 1 N–H and O–H groups in total. The predicted molar refractivity (Wildman–Crippen MR) is 61.7 cm³/mol. The molecule has 3 nitrogen and oxygen atoms in total. The molecular weight excluding hydrogens is 188 g/mol. The third-order valence-electron chi connectivity index (χ3n) is 3.15. The molecule has 0 fully saturated rings. The molecule has 0 saturated heterocycles. The lowest BCUT2D eigenvalue weighted by Crippen LogP contribution is -2.31. The quantitative estimate of drug-likeness (QED) is 0.812. The predicted octanol–water partition coefficient (Wildman–Crippen LogP) is 2.82. The van der Waals surface area contributed by atoms with Crippen molar-refractivity contribution >= 4 is 0 Å². The van der Waals surface area contributed by atoms with Gasteiger partial charge in [0.15, 0.2) is 0 Å². The molecule has 0 bridgehead atoms. The lowest BCUT2D eigenvalue weighted by Gasteiger charge is -2.18. The Morgan fingerprint density at radius 1 is 1.33 bits per heavy atom. The molecule has 86 valence electrons. The Morgan fingerprint density at radius 2 is 2.00 bits per heavy atom. The van der Waals surface area contributed by atoms with Crippen LogP contribution in [0.25, 0.3) is 0 Å². The number of rotatable bonds is 5. The molecule has 0 saturated carbocycles. The zero-order valence-electron chi connectivity index (χ0n) is 10.4. The molecule has 3 heteroatoms. The summed E-state index contributed by atoms with van der Waals surface area (Å²) in [4.78, 5) is 4.34. The van der Waals surface area contributed by atoms with Crippen molar-refractivity contribution in [2.75, 3.05) is 0 Å². The number of hydrogen-bond donors (Lipinski definition) is 1. The number of aryl methyl sites for hydroxylation is 2. The first kappa shape index (κ1) is 12.2. The highest BCUT2D eigenvalue weighted by atomic mass is 16.4. The second-order valence-electron chi connectivity index (χ2n) is 4.30. The summed E-state index contributed by atoms with van der Waals surface area (Å²) in [7, 11) is 0. The SMILES string of the molecule is CCC(C)C(C)NCc1nc(C)c(C)o1. The molecule has 2 unspecified atom stereocenters. The number of oxazole rings is 1. The van der Waals surface area contributed by atoms with Gasteiger partial charge in [0.05, 0.1) is 12.2 Å². The largest absolute Gasteiger partial charge is 0.444 e. The lowest BCUT2D eigenvalue weighted by molar-refractivity contribution is 0.362. The Kier molecular flexibility index (Phi) is 4.33. The van der Waals surface area contributed by atoms with Crippen LogP contribution in [0.5, 0.6) is 0 Å². The number of nitrogens with one attached hydrogen (secondary N) is 1. The maximum atomic E-state index is 5.50. The van der Waals surface area contributed by atoms with Crippen LogP contribution in [0.2, 0.25) is 0 Å². The Morgan fingerprint density at radius 3 is 2.47 bits per heavy atom. The zero-order chi connectivity index (χ0) is 11.4. The molecule has 0 amide bonds. The van der Waals surface area contributed by atoms with Gasteiger partial charge in [-0.1, -0.05) is 20.3 Å². The monoisotopic (exact) mass is 210 g/mol. The summed E-state index contributed by atoms with van der Waals surface area (Å²) < 4.78 is 5.50. The third-order valence-corrected chi connectivity index (χ3v) is 3.15. The van der Waals surface area contributed by atoms with E-state index in [0.29, 0.717) is 12.0 Å². The molecule has 0 aromatic carbocycles. The van der Waals surface area contributed by atoms with Crippen LogP contribution >= 0.6 is 0 Å². The van der Waals surface area contributed by atoms with Crippen molar-refractivity contribution in [3.63, 3.8) is 0 Å². The highest BCUT2D eigenvalue weighted by Crippen LogP contribution is 2.10. The van der Waals surface area contributed by atoms with Gasteiger partial charge in [0, 0.05) is 6.04 Å². The molecule has 1 aromatic heterocycles. The van der Waals surface area contributed by atoms with E-state index in [1.54, 1.807) is 0 Å². The maximum absolute atomic E-state index is 5.50. The topological polar surface area (TPSA) is 38.1 Å². The molecule has 0 radical (unpaired) electrons.